The van der Waals surface area contributed by atoms with Crippen molar-refractivity contribution in [3.8, 4) is 0 Å². The van der Waals surface area contributed by atoms with Crippen molar-refractivity contribution in [2.45, 2.75) is 19.9 Å². The summed E-state index contributed by atoms with van der Waals surface area (Å²) in [5.74, 6) is 0.0608. The molecule has 1 aliphatic heterocycles. The number of benzene rings is 1. The van der Waals surface area contributed by atoms with Crippen molar-refractivity contribution in [1.82, 2.24) is 4.90 Å². The third kappa shape index (κ3) is 1.63. The molecule has 0 atom stereocenters. The maximum atomic E-state index is 12.0. The SMILES string of the molecule is CCCN1Cc2c(Br)ccc(N)c2C1=O. The molecule has 0 bridgehead atoms. The van der Waals surface area contributed by atoms with Crippen LogP contribution in [0.2, 0.25) is 0 Å². The molecule has 1 aromatic carbocycles. The highest BCUT2D eigenvalue weighted by atomic mass is 79.9. The van der Waals surface area contributed by atoms with E-state index in [1.165, 1.54) is 0 Å². The van der Waals surface area contributed by atoms with Crippen molar-refractivity contribution in [3.63, 3.8) is 0 Å². The average Bonchev–Trinajstić information content (AvgIpc) is 2.53. The number of amides is 1. The maximum Gasteiger partial charge on any atom is 0.256 e. The van der Waals surface area contributed by atoms with Crippen LogP contribution < -0.4 is 5.73 Å². The molecule has 1 aromatic rings. The van der Waals surface area contributed by atoms with Gasteiger partial charge >= 0.3 is 0 Å². The van der Waals surface area contributed by atoms with E-state index >= 15 is 0 Å². The van der Waals surface area contributed by atoms with E-state index in [1.807, 2.05) is 11.0 Å². The van der Waals surface area contributed by atoms with Gasteiger partial charge < -0.3 is 10.6 Å². The molecule has 2 rings (SSSR count). The fourth-order valence-corrected chi connectivity index (χ4v) is 2.37. The van der Waals surface area contributed by atoms with E-state index in [9.17, 15) is 4.79 Å². The van der Waals surface area contributed by atoms with Gasteiger partial charge in [0, 0.05) is 28.8 Å². The molecule has 0 fully saturated rings. The normalized spacial score (nSPS) is 14.5. The number of hydrogen-bond acceptors (Lipinski definition) is 2. The number of carbonyl (C=O) groups is 1. The van der Waals surface area contributed by atoms with Gasteiger partial charge in [0.05, 0.1) is 5.56 Å². The molecule has 0 radical (unpaired) electrons. The van der Waals surface area contributed by atoms with Crippen LogP contribution in [0.1, 0.15) is 29.3 Å². The molecular formula is C11H13BrN2O. The van der Waals surface area contributed by atoms with Crippen molar-refractivity contribution in [1.29, 1.82) is 0 Å². The monoisotopic (exact) mass is 268 g/mol. The van der Waals surface area contributed by atoms with Gasteiger partial charge in [-0.15, -0.1) is 0 Å². The van der Waals surface area contributed by atoms with Gasteiger partial charge in [-0.3, -0.25) is 4.79 Å². The van der Waals surface area contributed by atoms with E-state index in [0.29, 0.717) is 17.8 Å². The molecule has 1 aliphatic rings. The summed E-state index contributed by atoms with van der Waals surface area (Å²) in [6.45, 7) is 3.53. The van der Waals surface area contributed by atoms with Gasteiger partial charge in [0.15, 0.2) is 0 Å². The van der Waals surface area contributed by atoms with E-state index in [1.54, 1.807) is 6.07 Å². The third-order valence-corrected chi connectivity index (χ3v) is 3.37. The Hall–Kier alpha value is -1.03. The van der Waals surface area contributed by atoms with Gasteiger partial charge in [-0.05, 0) is 18.6 Å². The summed E-state index contributed by atoms with van der Waals surface area (Å²) < 4.78 is 0.971. The average molecular weight is 269 g/mol. The topological polar surface area (TPSA) is 46.3 Å². The summed E-state index contributed by atoms with van der Waals surface area (Å²) in [6.07, 6.45) is 0.969. The zero-order valence-corrected chi connectivity index (χ0v) is 10.2. The van der Waals surface area contributed by atoms with Gasteiger partial charge in [-0.2, -0.15) is 0 Å². The minimum Gasteiger partial charge on any atom is -0.398 e. The highest BCUT2D eigenvalue weighted by Crippen LogP contribution is 2.33. The second-order valence-electron chi connectivity index (χ2n) is 3.72. The molecule has 0 aliphatic carbocycles. The van der Waals surface area contributed by atoms with Crippen LogP contribution in [0.3, 0.4) is 0 Å². The van der Waals surface area contributed by atoms with Crippen LogP contribution in [0.15, 0.2) is 16.6 Å². The molecule has 0 unspecified atom stereocenters. The lowest BCUT2D eigenvalue weighted by Crippen LogP contribution is -2.24. The number of nitrogen functional groups attached to an aromatic ring is 1. The van der Waals surface area contributed by atoms with Crippen LogP contribution in [0.5, 0.6) is 0 Å². The van der Waals surface area contributed by atoms with Crippen LogP contribution in [-0.4, -0.2) is 17.4 Å². The maximum absolute atomic E-state index is 12.0. The van der Waals surface area contributed by atoms with Crippen LogP contribution in [-0.2, 0) is 6.54 Å². The first-order valence-electron chi connectivity index (χ1n) is 5.01. The second kappa shape index (κ2) is 3.85. The summed E-state index contributed by atoms with van der Waals surface area (Å²) in [5, 5.41) is 0. The Morgan fingerprint density at radius 2 is 2.27 bits per heavy atom. The van der Waals surface area contributed by atoms with E-state index in [-0.39, 0.29) is 5.91 Å². The van der Waals surface area contributed by atoms with Gasteiger partial charge in [0.1, 0.15) is 0 Å². The molecule has 0 aromatic heterocycles. The standard InChI is InChI=1S/C11H13BrN2O/c1-2-5-14-6-7-8(12)3-4-9(13)10(7)11(14)15/h3-4H,2,5-6,13H2,1H3. The fraction of sp³-hybridized carbons (Fsp3) is 0.364. The number of hydrogen-bond donors (Lipinski definition) is 1. The highest BCUT2D eigenvalue weighted by molar-refractivity contribution is 9.10. The number of rotatable bonds is 2. The van der Waals surface area contributed by atoms with E-state index in [2.05, 4.69) is 22.9 Å². The van der Waals surface area contributed by atoms with Gasteiger partial charge in [-0.25, -0.2) is 0 Å². The molecule has 1 heterocycles. The molecule has 3 nitrogen and oxygen atoms in total. The predicted molar refractivity (Wildman–Crippen MR) is 63.6 cm³/mol. The molecular weight excluding hydrogens is 256 g/mol. The number of carbonyl (C=O) groups excluding carboxylic acids is 1. The van der Waals surface area contributed by atoms with E-state index < -0.39 is 0 Å². The summed E-state index contributed by atoms with van der Waals surface area (Å²) in [6, 6.07) is 3.67. The van der Waals surface area contributed by atoms with Crippen molar-refractivity contribution in [2.75, 3.05) is 12.3 Å². The molecule has 1 amide bonds. The van der Waals surface area contributed by atoms with Crippen molar-refractivity contribution in [3.05, 3.63) is 27.7 Å². The van der Waals surface area contributed by atoms with Gasteiger partial charge in [0.25, 0.3) is 5.91 Å². The lowest BCUT2D eigenvalue weighted by atomic mass is 10.1. The summed E-state index contributed by atoms with van der Waals surface area (Å²) >= 11 is 3.45. The lowest BCUT2D eigenvalue weighted by molar-refractivity contribution is 0.0779. The summed E-state index contributed by atoms with van der Waals surface area (Å²) in [7, 11) is 0. The van der Waals surface area contributed by atoms with Crippen molar-refractivity contribution >= 4 is 27.5 Å². The van der Waals surface area contributed by atoms with Crippen LogP contribution in [0, 0.1) is 0 Å². The largest absolute Gasteiger partial charge is 0.398 e. The Labute approximate surface area is 97.4 Å². The molecule has 0 spiro atoms. The molecule has 15 heavy (non-hydrogen) atoms. The molecule has 0 saturated heterocycles. The zero-order valence-electron chi connectivity index (χ0n) is 8.59. The number of anilines is 1. The Morgan fingerprint density at radius 1 is 1.53 bits per heavy atom. The van der Waals surface area contributed by atoms with Crippen molar-refractivity contribution < 1.29 is 4.79 Å². The Morgan fingerprint density at radius 3 is 2.87 bits per heavy atom. The highest BCUT2D eigenvalue weighted by Gasteiger charge is 2.30. The smallest absolute Gasteiger partial charge is 0.256 e. The van der Waals surface area contributed by atoms with Crippen LogP contribution in [0.25, 0.3) is 0 Å². The molecule has 80 valence electrons. The summed E-state index contributed by atoms with van der Waals surface area (Å²) in [5.41, 5.74) is 8.10. The van der Waals surface area contributed by atoms with Crippen molar-refractivity contribution in [2.24, 2.45) is 0 Å². The second-order valence-corrected chi connectivity index (χ2v) is 4.57. The Balaban J connectivity index is 2.44. The van der Waals surface area contributed by atoms with Crippen LogP contribution >= 0.6 is 15.9 Å². The first kappa shape index (κ1) is 10.5. The van der Waals surface area contributed by atoms with E-state index in [0.717, 1.165) is 23.0 Å². The lowest BCUT2D eigenvalue weighted by Gasteiger charge is -2.13. The molecule has 0 saturated carbocycles. The predicted octanol–water partition coefficient (Wildman–Crippen LogP) is 2.40. The Bertz CT molecular complexity index is 417. The van der Waals surface area contributed by atoms with E-state index in [4.69, 9.17) is 5.73 Å². The summed E-state index contributed by atoms with van der Waals surface area (Å²) in [4.78, 5) is 13.8. The van der Waals surface area contributed by atoms with Crippen LogP contribution in [0.4, 0.5) is 5.69 Å². The first-order chi connectivity index (χ1) is 7.15. The Kier molecular flexibility index (Phi) is 2.69. The molecule has 4 heteroatoms. The minimum atomic E-state index is 0.0608. The van der Waals surface area contributed by atoms with Gasteiger partial charge in [0.2, 0.25) is 0 Å². The molecule has 2 N–H and O–H groups in total. The quantitative estimate of drug-likeness (QED) is 0.838. The zero-order chi connectivity index (χ0) is 11.0. The number of halogens is 1. The number of nitrogens with zero attached hydrogens (tertiary/aromatic N) is 1. The fourth-order valence-electron chi connectivity index (χ4n) is 1.92. The first-order valence-corrected chi connectivity index (χ1v) is 5.80. The number of nitrogens with two attached hydrogens (primary N) is 1. The number of fused-ring (bicyclic) bond motifs is 1. The third-order valence-electron chi connectivity index (χ3n) is 2.63. The minimum absolute atomic E-state index is 0.0608. The van der Waals surface area contributed by atoms with Gasteiger partial charge in [-0.1, -0.05) is 22.9 Å².